The van der Waals surface area contributed by atoms with Crippen LogP contribution < -0.4 is 19.3 Å². The monoisotopic (exact) mass is 770 g/mol. The van der Waals surface area contributed by atoms with Gasteiger partial charge in [0, 0.05) is 53.7 Å². The zero-order valence-corrected chi connectivity index (χ0v) is 32.5. The quantitative estimate of drug-likeness (QED) is 0.222. The first kappa shape index (κ1) is 36.3. The Morgan fingerprint density at radius 3 is 1.34 bits per heavy atom. The Hall–Kier alpha value is -6.02. The SMILES string of the molecule is O=C1C=CC(=O)N1c1ccc(OC23C=CC(=CC2)C2(CCCCC2)C2=CCC(Oc4ccc(N5C(=O)C=CC5=O)cc4)(C=C2)c2cccc3c2C2CCCCC2)cc1. The molecule has 2 saturated carbocycles. The van der Waals surface area contributed by atoms with Crippen LogP contribution in [0.5, 0.6) is 11.5 Å². The van der Waals surface area contributed by atoms with Crippen LogP contribution >= 0.6 is 0 Å². The van der Waals surface area contributed by atoms with Gasteiger partial charge in [0.05, 0.1) is 11.4 Å². The molecule has 0 N–H and O–H groups in total. The molecule has 3 aromatic rings. The van der Waals surface area contributed by atoms with Gasteiger partial charge in [0.1, 0.15) is 11.5 Å². The van der Waals surface area contributed by atoms with Gasteiger partial charge in [0.25, 0.3) is 23.6 Å². The number of allylic oxidation sites excluding steroid dienone is 4. The summed E-state index contributed by atoms with van der Waals surface area (Å²) in [6.07, 6.45) is 32.0. The summed E-state index contributed by atoms with van der Waals surface area (Å²) in [6, 6.07) is 21.2. The number of amides is 4. The van der Waals surface area contributed by atoms with Crippen LogP contribution in [0.4, 0.5) is 11.4 Å². The van der Waals surface area contributed by atoms with E-state index in [1.54, 1.807) is 24.3 Å². The summed E-state index contributed by atoms with van der Waals surface area (Å²) in [5.74, 6) is 0.179. The summed E-state index contributed by atoms with van der Waals surface area (Å²) in [7, 11) is 0. The number of rotatable bonds is 7. The molecule has 58 heavy (non-hydrogen) atoms. The zero-order valence-electron chi connectivity index (χ0n) is 32.5. The van der Waals surface area contributed by atoms with Gasteiger partial charge in [-0.1, -0.05) is 81.0 Å². The molecule has 2 heterocycles. The molecule has 8 nitrogen and oxygen atoms in total. The Morgan fingerprint density at radius 1 is 0.500 bits per heavy atom. The maximum Gasteiger partial charge on any atom is 0.258 e. The third kappa shape index (κ3) is 5.95. The highest BCUT2D eigenvalue weighted by Gasteiger charge is 2.48. The molecule has 2 atom stereocenters. The van der Waals surface area contributed by atoms with E-state index in [4.69, 9.17) is 9.47 Å². The number of carbonyl (C=O) groups excluding carboxylic acids is 4. The highest BCUT2D eigenvalue weighted by atomic mass is 16.5. The van der Waals surface area contributed by atoms with Gasteiger partial charge in [0.2, 0.25) is 0 Å². The summed E-state index contributed by atoms with van der Waals surface area (Å²) < 4.78 is 14.6. The van der Waals surface area contributed by atoms with Crippen molar-refractivity contribution in [3.8, 4) is 11.5 Å². The molecule has 0 saturated heterocycles. The summed E-state index contributed by atoms with van der Waals surface area (Å²) in [5, 5.41) is 0. The van der Waals surface area contributed by atoms with E-state index < -0.39 is 11.2 Å². The van der Waals surface area contributed by atoms with E-state index in [-0.39, 0.29) is 35.0 Å². The fourth-order valence-electron chi connectivity index (χ4n) is 10.7. The molecule has 1 spiro atoms. The molecule has 8 heteroatoms. The molecule has 0 radical (unpaired) electrons. The van der Waals surface area contributed by atoms with E-state index >= 15 is 0 Å². The number of benzene rings is 3. The molecule has 4 amide bonds. The van der Waals surface area contributed by atoms with Crippen molar-refractivity contribution in [2.45, 2.75) is 94.2 Å². The lowest BCUT2D eigenvalue weighted by atomic mass is 9.60. The number of hydrogen-bond acceptors (Lipinski definition) is 6. The first-order valence-electron chi connectivity index (χ1n) is 20.9. The van der Waals surface area contributed by atoms with Gasteiger partial charge in [0.15, 0.2) is 11.2 Å². The summed E-state index contributed by atoms with van der Waals surface area (Å²) in [6.45, 7) is 0. The van der Waals surface area contributed by atoms with Crippen LogP contribution in [0.3, 0.4) is 0 Å². The normalized spacial score (nSPS) is 26.0. The van der Waals surface area contributed by atoms with Gasteiger partial charge in [-0.25, -0.2) is 9.80 Å². The number of nitrogens with zero attached hydrogens (tertiary/aromatic N) is 2. The molecule has 2 unspecified atom stereocenters. The fourth-order valence-corrected chi connectivity index (χ4v) is 10.7. The molecule has 13 rings (SSSR count). The Kier molecular flexibility index (Phi) is 8.84. The molecule has 2 aliphatic heterocycles. The molecular formula is C50H46N2O6. The predicted octanol–water partition coefficient (Wildman–Crippen LogP) is 9.88. The molecule has 8 aliphatic carbocycles. The second-order valence-electron chi connectivity index (χ2n) is 16.8. The molecule has 292 valence electrons. The van der Waals surface area contributed by atoms with Crippen molar-refractivity contribution in [2.24, 2.45) is 5.41 Å². The minimum absolute atomic E-state index is 0.113. The highest BCUT2D eigenvalue weighted by Crippen LogP contribution is 2.56. The zero-order chi connectivity index (χ0) is 39.5. The molecule has 6 bridgehead atoms. The van der Waals surface area contributed by atoms with Crippen LogP contribution in [0.1, 0.15) is 99.7 Å². The minimum Gasteiger partial charge on any atom is -0.478 e. The standard InChI is InChI=1S/C50H46N2O6/c53-43-20-21-44(54)51(43)37-12-16-39(17-13-37)57-49-30-24-35(25-31-49)48(28-5-2-6-29-48)36-26-32-50(33-27-36,42-11-7-10-41(49)47(42)34-8-3-1-4-9-34)58-40-18-14-38(15-19-40)52-45(55)22-23-46(52)56/h7,10-27,30,32,34H,1-6,8-9,28-29,31,33H2. The summed E-state index contributed by atoms with van der Waals surface area (Å²) >= 11 is 0. The van der Waals surface area contributed by atoms with Crippen LogP contribution in [0.25, 0.3) is 0 Å². The van der Waals surface area contributed by atoms with Crippen molar-refractivity contribution in [3.05, 3.63) is 155 Å². The van der Waals surface area contributed by atoms with E-state index in [2.05, 4.69) is 54.7 Å². The van der Waals surface area contributed by atoms with Crippen molar-refractivity contribution < 1.29 is 28.7 Å². The first-order chi connectivity index (χ1) is 28.3. The first-order valence-corrected chi connectivity index (χ1v) is 20.9. The van der Waals surface area contributed by atoms with Crippen molar-refractivity contribution in [1.29, 1.82) is 0 Å². The average Bonchev–Trinajstić information content (AvgIpc) is 3.79. The Balaban J connectivity index is 1.12. The molecule has 0 aromatic heterocycles. The van der Waals surface area contributed by atoms with Crippen molar-refractivity contribution in [3.63, 3.8) is 0 Å². The number of anilines is 2. The van der Waals surface area contributed by atoms with Gasteiger partial charge < -0.3 is 9.47 Å². The largest absolute Gasteiger partial charge is 0.478 e. The third-order valence-electron chi connectivity index (χ3n) is 13.6. The van der Waals surface area contributed by atoms with Crippen LogP contribution in [0.2, 0.25) is 0 Å². The van der Waals surface area contributed by atoms with E-state index in [0.29, 0.717) is 35.7 Å². The van der Waals surface area contributed by atoms with Crippen LogP contribution in [0, 0.1) is 5.41 Å². The van der Waals surface area contributed by atoms with Gasteiger partial charge in [-0.3, -0.25) is 19.2 Å². The van der Waals surface area contributed by atoms with Crippen LogP contribution in [0.15, 0.2) is 139 Å². The number of imide groups is 2. The minimum atomic E-state index is -0.841. The lowest BCUT2D eigenvalue weighted by molar-refractivity contribution is -0.121. The maximum atomic E-state index is 12.5. The Labute approximate surface area is 338 Å². The summed E-state index contributed by atoms with van der Waals surface area (Å²) in [4.78, 5) is 52.4. The molecule has 2 fully saturated rings. The second kappa shape index (κ2) is 14.1. The van der Waals surface area contributed by atoms with Crippen LogP contribution in [-0.4, -0.2) is 23.6 Å². The van der Waals surface area contributed by atoms with Gasteiger partial charge in [-0.05, 0) is 109 Å². The summed E-state index contributed by atoms with van der Waals surface area (Å²) in [5.41, 5.74) is 5.43. The van der Waals surface area contributed by atoms with Crippen molar-refractivity contribution in [2.75, 3.05) is 9.80 Å². The third-order valence-corrected chi connectivity index (χ3v) is 13.6. The molecule has 3 aromatic carbocycles. The van der Waals surface area contributed by atoms with E-state index in [0.717, 1.165) is 62.5 Å². The van der Waals surface area contributed by atoms with Crippen LogP contribution in [-0.2, 0) is 30.4 Å². The number of carbonyl (C=O) groups is 4. The smallest absolute Gasteiger partial charge is 0.258 e. The van der Waals surface area contributed by atoms with Crippen molar-refractivity contribution >= 4 is 35.0 Å². The van der Waals surface area contributed by atoms with Gasteiger partial charge >= 0.3 is 0 Å². The number of ether oxygens (including phenoxy) is 2. The van der Waals surface area contributed by atoms with Gasteiger partial charge in [-0.15, -0.1) is 0 Å². The van der Waals surface area contributed by atoms with E-state index in [1.165, 1.54) is 63.7 Å². The molecule has 10 aliphatic rings. The van der Waals surface area contributed by atoms with E-state index in [1.807, 2.05) is 24.3 Å². The molecular weight excluding hydrogens is 725 g/mol. The lowest BCUT2D eigenvalue weighted by Gasteiger charge is -2.47. The second-order valence-corrected chi connectivity index (χ2v) is 16.8. The maximum absolute atomic E-state index is 12.5. The average molecular weight is 771 g/mol. The highest BCUT2D eigenvalue weighted by molar-refractivity contribution is 6.28. The lowest BCUT2D eigenvalue weighted by Crippen LogP contribution is -2.41. The van der Waals surface area contributed by atoms with E-state index in [9.17, 15) is 19.2 Å². The van der Waals surface area contributed by atoms with Gasteiger partial charge in [-0.2, -0.15) is 0 Å². The Bertz CT molecular complexity index is 2220. The Morgan fingerprint density at radius 2 is 0.931 bits per heavy atom. The van der Waals surface area contributed by atoms with Crippen molar-refractivity contribution in [1.82, 2.24) is 0 Å². The topological polar surface area (TPSA) is 93.2 Å². The predicted molar refractivity (Wildman–Crippen MR) is 222 cm³/mol. The fraction of sp³-hybridized carbons (Fsp3) is 0.320. The number of hydrogen-bond donors (Lipinski definition) is 0.